The molecule has 1 aliphatic rings. The van der Waals surface area contributed by atoms with Gasteiger partial charge in [-0.2, -0.15) is 0 Å². The van der Waals surface area contributed by atoms with E-state index in [1.165, 1.54) is 38.5 Å². The van der Waals surface area contributed by atoms with Gasteiger partial charge in [-0.15, -0.1) is 0 Å². The van der Waals surface area contributed by atoms with Crippen LogP contribution in [0.2, 0.25) is 0 Å². The summed E-state index contributed by atoms with van der Waals surface area (Å²) >= 11 is 0. The maximum Gasteiger partial charge on any atom is 0.0190 e. The lowest BCUT2D eigenvalue weighted by molar-refractivity contribution is 0.389. The zero-order valence-electron chi connectivity index (χ0n) is 8.89. The monoisotopic (exact) mass is 184 g/mol. The highest BCUT2D eigenvalue weighted by atomic mass is 15.0. The van der Waals surface area contributed by atoms with Gasteiger partial charge in [-0.05, 0) is 19.3 Å². The molecule has 1 unspecified atom stereocenters. The number of hydrogen-bond donors (Lipinski definition) is 2. The maximum absolute atomic E-state index is 5.68. The fraction of sp³-hybridized carbons (Fsp3) is 1.00. The topological polar surface area (TPSA) is 38.0 Å². The first-order chi connectivity index (χ1) is 6.36. The van der Waals surface area contributed by atoms with Crippen molar-refractivity contribution in [3.05, 3.63) is 0 Å². The maximum atomic E-state index is 5.68. The molecule has 0 heterocycles. The van der Waals surface area contributed by atoms with Crippen LogP contribution in [-0.2, 0) is 0 Å². The first-order valence-corrected chi connectivity index (χ1v) is 5.83. The number of nitrogens with one attached hydrogen (secondary N) is 1. The van der Waals surface area contributed by atoms with E-state index >= 15 is 0 Å². The summed E-state index contributed by atoms with van der Waals surface area (Å²) in [6.45, 7) is 2.99. The summed E-state index contributed by atoms with van der Waals surface area (Å²) in [4.78, 5) is 0. The minimum Gasteiger partial charge on any atom is -0.329 e. The predicted molar refractivity (Wildman–Crippen MR) is 57.8 cm³/mol. The van der Waals surface area contributed by atoms with Gasteiger partial charge in [0.15, 0.2) is 0 Å². The zero-order valence-corrected chi connectivity index (χ0v) is 8.89. The molecule has 2 nitrogen and oxygen atoms in total. The van der Waals surface area contributed by atoms with Crippen molar-refractivity contribution in [2.24, 2.45) is 5.73 Å². The van der Waals surface area contributed by atoms with Crippen LogP contribution in [0.15, 0.2) is 0 Å². The van der Waals surface area contributed by atoms with Crippen molar-refractivity contribution >= 4 is 0 Å². The van der Waals surface area contributed by atoms with Gasteiger partial charge in [0.1, 0.15) is 0 Å². The largest absolute Gasteiger partial charge is 0.329 e. The summed E-state index contributed by atoms with van der Waals surface area (Å²) in [6, 6.07) is 1.29. The van der Waals surface area contributed by atoms with Gasteiger partial charge in [0.05, 0.1) is 0 Å². The van der Waals surface area contributed by atoms with Crippen molar-refractivity contribution in [3.63, 3.8) is 0 Å². The van der Waals surface area contributed by atoms with E-state index in [1.54, 1.807) is 0 Å². The third-order valence-electron chi connectivity index (χ3n) is 3.10. The average molecular weight is 184 g/mol. The quantitative estimate of drug-likeness (QED) is 0.656. The van der Waals surface area contributed by atoms with E-state index in [0.29, 0.717) is 6.04 Å². The molecule has 0 aliphatic heterocycles. The molecular formula is C11H24N2. The van der Waals surface area contributed by atoms with Crippen LogP contribution in [0.5, 0.6) is 0 Å². The summed E-state index contributed by atoms with van der Waals surface area (Å²) in [5.41, 5.74) is 5.68. The van der Waals surface area contributed by atoms with E-state index in [9.17, 15) is 0 Å². The molecule has 0 saturated heterocycles. The third-order valence-corrected chi connectivity index (χ3v) is 3.10. The highest BCUT2D eigenvalue weighted by Gasteiger charge is 2.14. The van der Waals surface area contributed by atoms with Gasteiger partial charge in [0, 0.05) is 18.6 Å². The third kappa shape index (κ3) is 4.10. The molecule has 1 saturated carbocycles. The van der Waals surface area contributed by atoms with Gasteiger partial charge in [0.25, 0.3) is 0 Å². The van der Waals surface area contributed by atoms with E-state index in [4.69, 9.17) is 5.73 Å². The molecule has 1 fully saturated rings. The lowest BCUT2D eigenvalue weighted by Gasteiger charge is -2.22. The molecular weight excluding hydrogens is 160 g/mol. The molecule has 1 atom stereocenters. The Balaban J connectivity index is 2.24. The second-order valence-corrected chi connectivity index (χ2v) is 4.20. The van der Waals surface area contributed by atoms with Crippen LogP contribution in [0.3, 0.4) is 0 Å². The molecule has 3 N–H and O–H groups in total. The van der Waals surface area contributed by atoms with Crippen LogP contribution in [0.4, 0.5) is 0 Å². The summed E-state index contributed by atoms with van der Waals surface area (Å²) < 4.78 is 0. The van der Waals surface area contributed by atoms with Crippen LogP contribution in [0.1, 0.15) is 51.9 Å². The fourth-order valence-corrected chi connectivity index (χ4v) is 2.13. The molecule has 1 aliphatic carbocycles. The second-order valence-electron chi connectivity index (χ2n) is 4.20. The van der Waals surface area contributed by atoms with Crippen LogP contribution >= 0.6 is 0 Å². The van der Waals surface area contributed by atoms with E-state index in [-0.39, 0.29) is 0 Å². The van der Waals surface area contributed by atoms with Crippen molar-refractivity contribution in [1.29, 1.82) is 0 Å². The van der Waals surface area contributed by atoms with Crippen LogP contribution in [0, 0.1) is 0 Å². The van der Waals surface area contributed by atoms with Crippen LogP contribution in [0.25, 0.3) is 0 Å². The van der Waals surface area contributed by atoms with Crippen LogP contribution in [-0.4, -0.2) is 18.6 Å². The SMILES string of the molecule is CCC(CN)NC1CCCCCC1. The Kier molecular flexibility index (Phi) is 5.40. The molecule has 0 aromatic carbocycles. The van der Waals surface area contributed by atoms with Crippen LogP contribution < -0.4 is 11.1 Å². The molecule has 0 amide bonds. The van der Waals surface area contributed by atoms with E-state index in [1.807, 2.05) is 0 Å². The first kappa shape index (κ1) is 11.0. The Morgan fingerprint density at radius 1 is 1.23 bits per heavy atom. The summed E-state index contributed by atoms with van der Waals surface area (Å²) in [5, 5.41) is 3.67. The summed E-state index contributed by atoms with van der Waals surface area (Å²) in [5.74, 6) is 0. The second kappa shape index (κ2) is 6.39. The van der Waals surface area contributed by atoms with E-state index < -0.39 is 0 Å². The minimum atomic E-state index is 0.545. The molecule has 1 rings (SSSR count). The highest BCUT2D eigenvalue weighted by Crippen LogP contribution is 2.17. The molecule has 0 spiro atoms. The predicted octanol–water partition coefficient (Wildman–Crippen LogP) is 2.04. The van der Waals surface area contributed by atoms with Gasteiger partial charge in [-0.1, -0.05) is 32.6 Å². The number of hydrogen-bond acceptors (Lipinski definition) is 2. The smallest absolute Gasteiger partial charge is 0.0190 e. The van der Waals surface area contributed by atoms with Crippen molar-refractivity contribution in [1.82, 2.24) is 5.32 Å². The van der Waals surface area contributed by atoms with Crippen molar-refractivity contribution in [2.45, 2.75) is 64.0 Å². The van der Waals surface area contributed by atoms with Gasteiger partial charge in [0.2, 0.25) is 0 Å². The Morgan fingerprint density at radius 3 is 2.31 bits per heavy atom. The molecule has 13 heavy (non-hydrogen) atoms. The van der Waals surface area contributed by atoms with Gasteiger partial charge in [-0.3, -0.25) is 0 Å². The van der Waals surface area contributed by atoms with Gasteiger partial charge >= 0.3 is 0 Å². The fourth-order valence-electron chi connectivity index (χ4n) is 2.13. The van der Waals surface area contributed by atoms with E-state index in [0.717, 1.165) is 19.0 Å². The minimum absolute atomic E-state index is 0.545. The highest BCUT2D eigenvalue weighted by molar-refractivity contribution is 4.76. The molecule has 2 heteroatoms. The van der Waals surface area contributed by atoms with Crippen molar-refractivity contribution < 1.29 is 0 Å². The lowest BCUT2D eigenvalue weighted by Crippen LogP contribution is -2.42. The Morgan fingerprint density at radius 2 is 1.85 bits per heavy atom. The average Bonchev–Trinajstić information content (AvgIpc) is 2.42. The van der Waals surface area contributed by atoms with Gasteiger partial charge in [-0.25, -0.2) is 0 Å². The number of rotatable bonds is 4. The normalized spacial score (nSPS) is 22.6. The molecule has 0 bridgehead atoms. The number of nitrogens with two attached hydrogens (primary N) is 1. The standard InChI is InChI=1S/C11H24N2/c1-2-10(9-12)13-11-7-5-3-4-6-8-11/h10-11,13H,2-9,12H2,1H3. The molecule has 0 radical (unpaired) electrons. The Hall–Kier alpha value is -0.0800. The lowest BCUT2D eigenvalue weighted by atomic mass is 10.1. The zero-order chi connectivity index (χ0) is 9.52. The summed E-state index contributed by atoms with van der Waals surface area (Å²) in [7, 11) is 0. The Bertz CT molecular complexity index is 113. The molecule has 0 aromatic heterocycles. The van der Waals surface area contributed by atoms with Gasteiger partial charge < -0.3 is 11.1 Å². The van der Waals surface area contributed by atoms with E-state index in [2.05, 4.69) is 12.2 Å². The summed E-state index contributed by atoms with van der Waals surface area (Å²) in [6.07, 6.45) is 9.53. The first-order valence-electron chi connectivity index (χ1n) is 5.83. The van der Waals surface area contributed by atoms with Crippen molar-refractivity contribution in [3.8, 4) is 0 Å². The Labute approximate surface area is 82.3 Å². The molecule has 78 valence electrons. The van der Waals surface area contributed by atoms with Crippen molar-refractivity contribution in [2.75, 3.05) is 6.54 Å². The molecule has 0 aromatic rings.